The lowest BCUT2D eigenvalue weighted by Crippen LogP contribution is -2.42. The maximum absolute atomic E-state index is 13.7. The molecule has 1 unspecified atom stereocenters. The molecule has 3 nitrogen and oxygen atoms in total. The first-order valence-electron chi connectivity index (χ1n) is 10.0. The molecule has 0 fully saturated rings. The van der Waals surface area contributed by atoms with E-state index < -0.39 is 65.1 Å². The minimum atomic E-state index is -5.09. The summed E-state index contributed by atoms with van der Waals surface area (Å²) in [6.07, 6.45) is -13.3. The normalized spacial score (nSPS) is 13.5. The van der Waals surface area contributed by atoms with E-state index in [1.807, 2.05) is 0 Å². The number of rotatable bonds is 7. The number of carbonyl (C=O) groups excluding carboxylic acids is 1. The lowest BCUT2D eigenvalue weighted by atomic mass is 9.95. The van der Waals surface area contributed by atoms with Crippen LogP contribution in [0.2, 0.25) is 15.1 Å². The second-order valence-corrected chi connectivity index (χ2v) is 9.15. The number of ketones is 1. The van der Waals surface area contributed by atoms with Gasteiger partial charge in [-0.3, -0.25) is 4.79 Å². The van der Waals surface area contributed by atoms with Crippen LogP contribution in [0.3, 0.4) is 0 Å². The topological polar surface area (TPSA) is 41.1 Å². The number of carbonyl (C=O) groups is 1. The zero-order valence-electron chi connectivity index (χ0n) is 18.4. The van der Waals surface area contributed by atoms with E-state index in [4.69, 9.17) is 34.8 Å². The number of hydrogen-bond donors (Lipinski definition) is 2. The van der Waals surface area contributed by atoms with Crippen LogP contribution in [0, 0.1) is 0 Å². The fourth-order valence-electron chi connectivity index (χ4n) is 3.01. The molecule has 2 aromatic carbocycles. The van der Waals surface area contributed by atoms with E-state index in [-0.39, 0.29) is 20.6 Å². The molecule has 16 heteroatoms. The van der Waals surface area contributed by atoms with Crippen LogP contribution in [0.25, 0.3) is 6.08 Å². The van der Waals surface area contributed by atoms with E-state index in [1.54, 1.807) is 5.32 Å². The minimum Gasteiger partial charge on any atom is -0.355 e. The Balaban J connectivity index is 2.33. The van der Waals surface area contributed by atoms with Crippen LogP contribution in [0.4, 0.5) is 39.5 Å². The number of hydrogen-bond acceptors (Lipinski definition) is 2. The SMILES string of the molecule is O=C(CNC(=S)NCC(F)(F)F)c1ccc(/C=C/C(c2cc(Cl)c(Cl)c(Cl)c2)C(F)(F)F)cc1C(F)(F)F. The van der Waals surface area contributed by atoms with Gasteiger partial charge < -0.3 is 10.6 Å². The van der Waals surface area contributed by atoms with Gasteiger partial charge in [-0.05, 0) is 41.5 Å². The Kier molecular flexibility index (Phi) is 10.4. The second kappa shape index (κ2) is 12.3. The molecule has 0 spiro atoms. The Hall–Kier alpha value is -2.22. The lowest BCUT2D eigenvalue weighted by Gasteiger charge is -2.19. The number of halogens is 12. The molecular weight excluding hydrogens is 618 g/mol. The third-order valence-electron chi connectivity index (χ3n) is 4.71. The summed E-state index contributed by atoms with van der Waals surface area (Å²) < 4.78 is 119. The molecule has 0 aliphatic rings. The van der Waals surface area contributed by atoms with E-state index in [0.29, 0.717) is 12.1 Å². The van der Waals surface area contributed by atoms with E-state index in [0.717, 1.165) is 30.3 Å². The van der Waals surface area contributed by atoms with E-state index >= 15 is 0 Å². The van der Waals surface area contributed by atoms with Crippen LogP contribution >= 0.6 is 47.0 Å². The summed E-state index contributed by atoms with van der Waals surface area (Å²) in [4.78, 5) is 12.3. The average Bonchev–Trinajstić information content (AvgIpc) is 2.77. The molecule has 0 bridgehead atoms. The molecule has 2 aromatic rings. The Bertz CT molecular complexity index is 1210. The molecule has 2 rings (SSSR count). The predicted molar refractivity (Wildman–Crippen MR) is 130 cm³/mol. The molecule has 0 saturated heterocycles. The highest BCUT2D eigenvalue weighted by Crippen LogP contribution is 2.41. The Morgan fingerprint density at radius 2 is 1.50 bits per heavy atom. The Labute approximate surface area is 229 Å². The van der Waals surface area contributed by atoms with Crippen LogP contribution in [0.15, 0.2) is 36.4 Å². The van der Waals surface area contributed by atoms with Crippen molar-refractivity contribution >= 4 is 64.0 Å². The van der Waals surface area contributed by atoms with Gasteiger partial charge in [0.25, 0.3) is 0 Å². The molecule has 0 aliphatic heterocycles. The standard InChI is InChI=1S/C22H14Cl3F9N2OS/c23-15-6-11(7-16(24)18(15)25)13(21(29,30)31)4-2-10-1-3-12(14(5-10)22(32,33)34)17(37)8-35-19(38)36-9-20(26,27)28/h1-7,13H,8-9H2,(H2,35,36,38)/b4-2+. The highest BCUT2D eigenvalue weighted by Gasteiger charge is 2.40. The average molecular weight is 632 g/mol. The fourth-order valence-corrected chi connectivity index (χ4v) is 3.77. The number of allylic oxidation sites excluding steroid dienone is 1. The van der Waals surface area contributed by atoms with Crippen LogP contribution in [-0.2, 0) is 6.18 Å². The van der Waals surface area contributed by atoms with Gasteiger partial charge in [-0.25, -0.2) is 0 Å². The fraction of sp³-hybridized carbons (Fsp3) is 0.273. The first kappa shape index (κ1) is 32.0. The highest BCUT2D eigenvalue weighted by molar-refractivity contribution is 7.80. The molecule has 0 saturated carbocycles. The molecule has 0 radical (unpaired) electrons. The summed E-state index contributed by atoms with van der Waals surface area (Å²) in [5.41, 5.74) is -3.09. The predicted octanol–water partition coefficient (Wildman–Crippen LogP) is 8.23. The molecule has 1 atom stereocenters. The summed E-state index contributed by atoms with van der Waals surface area (Å²) in [5.74, 6) is -3.50. The number of benzene rings is 2. The maximum atomic E-state index is 13.7. The summed E-state index contributed by atoms with van der Waals surface area (Å²) in [7, 11) is 0. The van der Waals surface area contributed by atoms with Gasteiger partial charge in [0.2, 0.25) is 0 Å². The zero-order chi connectivity index (χ0) is 29.1. The van der Waals surface area contributed by atoms with Crippen LogP contribution < -0.4 is 10.6 Å². The van der Waals surface area contributed by atoms with Crippen molar-refractivity contribution in [1.29, 1.82) is 0 Å². The van der Waals surface area contributed by atoms with Gasteiger partial charge in [-0.15, -0.1) is 0 Å². The lowest BCUT2D eigenvalue weighted by molar-refractivity contribution is -0.139. The van der Waals surface area contributed by atoms with Crippen molar-refractivity contribution in [3.05, 3.63) is 73.7 Å². The van der Waals surface area contributed by atoms with Crippen LogP contribution in [0.1, 0.15) is 33.0 Å². The van der Waals surface area contributed by atoms with E-state index in [9.17, 15) is 44.3 Å². The van der Waals surface area contributed by atoms with E-state index in [1.165, 1.54) is 0 Å². The third kappa shape index (κ3) is 9.21. The number of nitrogens with one attached hydrogen (secondary N) is 2. The van der Waals surface area contributed by atoms with Crippen molar-refractivity contribution in [2.75, 3.05) is 13.1 Å². The van der Waals surface area contributed by atoms with Gasteiger partial charge in [0.05, 0.1) is 33.1 Å². The number of Topliss-reactive ketones (excluding diaryl/α,β-unsaturated/α-hetero) is 1. The summed E-state index contributed by atoms with van der Waals surface area (Å²) in [5, 5.41) is 2.49. The van der Waals surface area contributed by atoms with Crippen molar-refractivity contribution < 1.29 is 44.3 Å². The second-order valence-electron chi connectivity index (χ2n) is 7.55. The van der Waals surface area contributed by atoms with Crippen LogP contribution in [0.5, 0.6) is 0 Å². The molecule has 38 heavy (non-hydrogen) atoms. The Morgan fingerprint density at radius 3 is 2.00 bits per heavy atom. The summed E-state index contributed by atoms with van der Waals surface area (Å²) in [6, 6.07) is 4.00. The molecule has 0 aromatic heterocycles. The first-order chi connectivity index (χ1) is 17.3. The summed E-state index contributed by atoms with van der Waals surface area (Å²) >= 11 is 21.9. The van der Waals surface area contributed by atoms with Gasteiger partial charge in [0.15, 0.2) is 10.9 Å². The maximum Gasteiger partial charge on any atom is 0.417 e. The van der Waals surface area contributed by atoms with Gasteiger partial charge in [-0.2, -0.15) is 39.5 Å². The molecule has 2 N–H and O–H groups in total. The van der Waals surface area contributed by atoms with Crippen molar-refractivity contribution in [2.24, 2.45) is 0 Å². The van der Waals surface area contributed by atoms with Gasteiger partial charge >= 0.3 is 18.5 Å². The van der Waals surface area contributed by atoms with Crippen molar-refractivity contribution in [1.82, 2.24) is 10.6 Å². The molecule has 0 heterocycles. The summed E-state index contributed by atoms with van der Waals surface area (Å²) in [6.45, 7) is -2.41. The number of thiocarbonyl (C=S) groups is 1. The minimum absolute atomic E-state index is 0.177. The number of alkyl halides is 9. The van der Waals surface area contributed by atoms with Crippen molar-refractivity contribution in [3.8, 4) is 0 Å². The first-order valence-corrected chi connectivity index (χ1v) is 11.6. The molecule has 0 amide bonds. The smallest absolute Gasteiger partial charge is 0.355 e. The highest BCUT2D eigenvalue weighted by atomic mass is 35.5. The van der Waals surface area contributed by atoms with Crippen molar-refractivity contribution in [3.63, 3.8) is 0 Å². The third-order valence-corrected chi connectivity index (χ3v) is 6.19. The molecular formula is C22H14Cl3F9N2OS. The van der Waals surface area contributed by atoms with Crippen molar-refractivity contribution in [2.45, 2.75) is 24.4 Å². The molecule has 0 aliphatic carbocycles. The Morgan fingerprint density at radius 1 is 0.921 bits per heavy atom. The largest absolute Gasteiger partial charge is 0.417 e. The zero-order valence-corrected chi connectivity index (χ0v) is 21.5. The van der Waals surface area contributed by atoms with Gasteiger partial charge in [0, 0.05) is 5.56 Å². The molecule has 208 valence electrons. The van der Waals surface area contributed by atoms with Gasteiger partial charge in [-0.1, -0.05) is 59.1 Å². The monoisotopic (exact) mass is 630 g/mol. The van der Waals surface area contributed by atoms with Gasteiger partial charge in [0.1, 0.15) is 6.54 Å². The van der Waals surface area contributed by atoms with E-state index in [2.05, 4.69) is 17.5 Å². The quantitative estimate of drug-likeness (QED) is 0.140. The van der Waals surface area contributed by atoms with Crippen LogP contribution in [-0.4, -0.2) is 36.3 Å².